The quantitative estimate of drug-likeness (QED) is 0.693. The Balaban J connectivity index is 2.10. The Morgan fingerprint density at radius 2 is 1.56 bits per heavy atom. The molecule has 88 valence electrons. The Morgan fingerprint density at radius 1 is 0.833 bits per heavy atom. The molecule has 3 heteroatoms. The lowest BCUT2D eigenvalue weighted by molar-refractivity contribution is 0.888. The molecule has 2 aromatic carbocycles. The van der Waals surface area contributed by atoms with E-state index in [0.717, 1.165) is 22.6 Å². The van der Waals surface area contributed by atoms with Crippen molar-refractivity contribution in [3.63, 3.8) is 0 Å². The number of hydrogen-bond acceptors (Lipinski definition) is 2. The van der Waals surface area contributed by atoms with Crippen LogP contribution >= 0.6 is 0 Å². The summed E-state index contributed by atoms with van der Waals surface area (Å²) in [5.74, 6) is 0. The Morgan fingerprint density at radius 3 is 2.28 bits per heavy atom. The minimum Gasteiger partial charge on any atom is -0.399 e. The summed E-state index contributed by atoms with van der Waals surface area (Å²) in [6, 6.07) is 19.9. The lowest BCUT2D eigenvalue weighted by Crippen LogP contribution is -1.98. The van der Waals surface area contributed by atoms with Gasteiger partial charge in [-0.05, 0) is 30.3 Å². The Labute approximate surface area is 105 Å². The van der Waals surface area contributed by atoms with Gasteiger partial charge in [0, 0.05) is 11.3 Å². The number of nitrogen functional groups attached to an aromatic ring is 1. The molecule has 0 aliphatic rings. The lowest BCUT2D eigenvalue weighted by Gasteiger charge is -2.07. The van der Waals surface area contributed by atoms with Crippen LogP contribution in [-0.4, -0.2) is 9.78 Å². The molecule has 0 amide bonds. The molecule has 0 saturated carbocycles. The number of rotatable bonds is 2. The molecule has 0 saturated heterocycles. The summed E-state index contributed by atoms with van der Waals surface area (Å²) in [7, 11) is 0. The maximum atomic E-state index is 5.71. The molecule has 1 aromatic heterocycles. The second-order valence-electron chi connectivity index (χ2n) is 4.09. The Bertz CT molecular complexity index is 639. The van der Waals surface area contributed by atoms with Crippen LogP contribution in [0.1, 0.15) is 0 Å². The van der Waals surface area contributed by atoms with Crippen LogP contribution in [0.15, 0.2) is 66.9 Å². The van der Waals surface area contributed by atoms with Gasteiger partial charge in [-0.25, -0.2) is 4.68 Å². The van der Waals surface area contributed by atoms with Crippen molar-refractivity contribution >= 4 is 5.69 Å². The van der Waals surface area contributed by atoms with Crippen molar-refractivity contribution in [2.45, 2.75) is 0 Å². The van der Waals surface area contributed by atoms with Crippen LogP contribution in [0.25, 0.3) is 16.9 Å². The van der Waals surface area contributed by atoms with Gasteiger partial charge in [0.15, 0.2) is 0 Å². The molecule has 3 nitrogen and oxygen atoms in total. The highest BCUT2D eigenvalue weighted by Crippen LogP contribution is 2.22. The van der Waals surface area contributed by atoms with E-state index in [1.54, 1.807) is 6.20 Å². The first kappa shape index (κ1) is 10.6. The van der Waals surface area contributed by atoms with E-state index < -0.39 is 0 Å². The summed E-state index contributed by atoms with van der Waals surface area (Å²) in [6.45, 7) is 0. The SMILES string of the molecule is Nc1ccc(-c2ccnn2-c2ccccc2)cc1. The predicted molar refractivity (Wildman–Crippen MR) is 73.4 cm³/mol. The van der Waals surface area contributed by atoms with Gasteiger partial charge in [0.05, 0.1) is 17.6 Å². The Kier molecular flexibility index (Phi) is 2.57. The fourth-order valence-corrected chi connectivity index (χ4v) is 1.95. The van der Waals surface area contributed by atoms with Gasteiger partial charge in [0.25, 0.3) is 0 Å². The molecule has 0 fully saturated rings. The molecule has 18 heavy (non-hydrogen) atoms. The van der Waals surface area contributed by atoms with Gasteiger partial charge in [-0.3, -0.25) is 0 Å². The summed E-state index contributed by atoms with van der Waals surface area (Å²) in [6.07, 6.45) is 1.80. The highest BCUT2D eigenvalue weighted by molar-refractivity contribution is 5.64. The number of nitrogens with two attached hydrogens (primary N) is 1. The normalized spacial score (nSPS) is 10.4. The van der Waals surface area contributed by atoms with Crippen LogP contribution < -0.4 is 5.73 Å². The third-order valence-electron chi connectivity index (χ3n) is 2.85. The second kappa shape index (κ2) is 4.37. The van der Waals surface area contributed by atoms with Crippen molar-refractivity contribution in [3.05, 3.63) is 66.9 Å². The molecule has 0 bridgehead atoms. The van der Waals surface area contributed by atoms with E-state index in [4.69, 9.17) is 5.73 Å². The van der Waals surface area contributed by atoms with E-state index in [0.29, 0.717) is 0 Å². The van der Waals surface area contributed by atoms with Gasteiger partial charge < -0.3 is 5.73 Å². The number of anilines is 1. The zero-order chi connectivity index (χ0) is 12.4. The molecule has 0 radical (unpaired) electrons. The minimum absolute atomic E-state index is 0.768. The van der Waals surface area contributed by atoms with Crippen molar-refractivity contribution in [2.75, 3.05) is 5.73 Å². The lowest BCUT2D eigenvalue weighted by atomic mass is 10.1. The van der Waals surface area contributed by atoms with Crippen molar-refractivity contribution in [1.82, 2.24) is 9.78 Å². The fourth-order valence-electron chi connectivity index (χ4n) is 1.95. The van der Waals surface area contributed by atoms with E-state index >= 15 is 0 Å². The first-order valence-corrected chi connectivity index (χ1v) is 5.80. The average Bonchev–Trinajstić information content (AvgIpc) is 2.90. The van der Waals surface area contributed by atoms with Gasteiger partial charge in [-0.2, -0.15) is 5.10 Å². The standard InChI is InChI=1S/C15H13N3/c16-13-8-6-12(7-9-13)15-10-11-17-18(15)14-4-2-1-3-5-14/h1-11H,16H2. The molecule has 2 N–H and O–H groups in total. The highest BCUT2D eigenvalue weighted by Gasteiger charge is 2.06. The summed E-state index contributed by atoms with van der Waals surface area (Å²) in [5, 5.41) is 4.37. The topological polar surface area (TPSA) is 43.8 Å². The van der Waals surface area contributed by atoms with Crippen LogP contribution in [0.4, 0.5) is 5.69 Å². The van der Waals surface area contributed by atoms with E-state index in [-0.39, 0.29) is 0 Å². The number of nitrogens with zero attached hydrogens (tertiary/aromatic N) is 2. The van der Waals surface area contributed by atoms with Crippen LogP contribution in [0.5, 0.6) is 0 Å². The third-order valence-corrected chi connectivity index (χ3v) is 2.85. The van der Waals surface area contributed by atoms with Crippen LogP contribution in [-0.2, 0) is 0 Å². The van der Waals surface area contributed by atoms with Gasteiger partial charge in [0.1, 0.15) is 0 Å². The van der Waals surface area contributed by atoms with Gasteiger partial charge in [0.2, 0.25) is 0 Å². The molecule has 0 spiro atoms. The minimum atomic E-state index is 0.768. The highest BCUT2D eigenvalue weighted by atomic mass is 15.3. The predicted octanol–water partition coefficient (Wildman–Crippen LogP) is 3.12. The van der Waals surface area contributed by atoms with Crippen LogP contribution in [0.2, 0.25) is 0 Å². The number of aromatic nitrogens is 2. The summed E-state index contributed by atoms with van der Waals surface area (Å²) in [5.41, 5.74) is 9.68. The number of benzene rings is 2. The first-order valence-electron chi connectivity index (χ1n) is 5.80. The van der Waals surface area contributed by atoms with Crippen LogP contribution in [0, 0.1) is 0 Å². The smallest absolute Gasteiger partial charge is 0.0740 e. The van der Waals surface area contributed by atoms with Crippen molar-refractivity contribution in [1.29, 1.82) is 0 Å². The molecule has 0 unspecified atom stereocenters. The van der Waals surface area contributed by atoms with Crippen molar-refractivity contribution in [3.8, 4) is 16.9 Å². The molecule has 3 aromatic rings. The fraction of sp³-hybridized carbons (Fsp3) is 0. The molecular weight excluding hydrogens is 222 g/mol. The zero-order valence-corrected chi connectivity index (χ0v) is 9.82. The van der Waals surface area contributed by atoms with Gasteiger partial charge in [-0.1, -0.05) is 30.3 Å². The molecule has 0 aliphatic carbocycles. The number of hydrogen-bond donors (Lipinski definition) is 1. The maximum absolute atomic E-state index is 5.71. The van der Waals surface area contributed by atoms with Crippen molar-refractivity contribution in [2.24, 2.45) is 0 Å². The monoisotopic (exact) mass is 235 g/mol. The molecule has 0 atom stereocenters. The summed E-state index contributed by atoms with van der Waals surface area (Å²) < 4.78 is 1.92. The number of para-hydroxylation sites is 1. The summed E-state index contributed by atoms with van der Waals surface area (Å²) in [4.78, 5) is 0. The van der Waals surface area contributed by atoms with Gasteiger partial charge >= 0.3 is 0 Å². The van der Waals surface area contributed by atoms with E-state index in [9.17, 15) is 0 Å². The summed E-state index contributed by atoms with van der Waals surface area (Å²) >= 11 is 0. The van der Waals surface area contributed by atoms with E-state index in [2.05, 4.69) is 5.10 Å². The first-order chi connectivity index (χ1) is 8.84. The largest absolute Gasteiger partial charge is 0.399 e. The molecular formula is C15H13N3. The average molecular weight is 235 g/mol. The Hall–Kier alpha value is -2.55. The van der Waals surface area contributed by atoms with Crippen LogP contribution in [0.3, 0.4) is 0 Å². The third kappa shape index (κ3) is 1.86. The van der Waals surface area contributed by atoms with Gasteiger partial charge in [-0.15, -0.1) is 0 Å². The zero-order valence-electron chi connectivity index (χ0n) is 9.82. The van der Waals surface area contributed by atoms with E-state index in [1.165, 1.54) is 0 Å². The second-order valence-corrected chi connectivity index (χ2v) is 4.09. The maximum Gasteiger partial charge on any atom is 0.0740 e. The van der Waals surface area contributed by atoms with E-state index in [1.807, 2.05) is 65.3 Å². The molecule has 0 aliphatic heterocycles. The van der Waals surface area contributed by atoms with Crippen molar-refractivity contribution < 1.29 is 0 Å². The molecule has 3 rings (SSSR count). The molecule has 1 heterocycles.